The molecule has 3 fully saturated rings. The lowest BCUT2D eigenvalue weighted by Crippen LogP contribution is -2.12. The van der Waals surface area contributed by atoms with Gasteiger partial charge in [-0.15, -0.1) is 0 Å². The number of nitro benzene ring substituents is 1. The molecule has 3 saturated carbocycles. The molecular formula is C15H18N2O2. The number of aryl methyl sites for hydroxylation is 1. The van der Waals surface area contributed by atoms with Crippen LogP contribution < -0.4 is 5.32 Å². The third kappa shape index (κ3) is 1.58. The van der Waals surface area contributed by atoms with E-state index >= 15 is 0 Å². The summed E-state index contributed by atoms with van der Waals surface area (Å²) in [5, 5.41) is 14.5. The summed E-state index contributed by atoms with van der Waals surface area (Å²) in [7, 11) is 0. The molecule has 2 bridgehead atoms. The molecule has 4 nitrogen and oxygen atoms in total. The van der Waals surface area contributed by atoms with Crippen molar-refractivity contribution in [1.29, 1.82) is 0 Å². The first-order valence-electron chi connectivity index (χ1n) is 7.17. The molecule has 4 atom stereocenters. The average molecular weight is 258 g/mol. The van der Waals surface area contributed by atoms with Crippen LogP contribution in [0.1, 0.15) is 24.8 Å². The van der Waals surface area contributed by atoms with Gasteiger partial charge in [0.05, 0.1) is 4.92 Å². The van der Waals surface area contributed by atoms with E-state index in [1.807, 2.05) is 12.1 Å². The second-order valence-corrected chi connectivity index (χ2v) is 6.42. The van der Waals surface area contributed by atoms with Crippen LogP contribution in [0.4, 0.5) is 11.4 Å². The van der Waals surface area contributed by atoms with Crippen LogP contribution in [0.15, 0.2) is 18.2 Å². The predicted molar refractivity (Wildman–Crippen MR) is 73.1 cm³/mol. The first kappa shape index (κ1) is 11.3. The van der Waals surface area contributed by atoms with E-state index in [4.69, 9.17) is 0 Å². The van der Waals surface area contributed by atoms with Crippen molar-refractivity contribution in [2.45, 2.75) is 32.2 Å². The Morgan fingerprint density at radius 1 is 1.26 bits per heavy atom. The van der Waals surface area contributed by atoms with Crippen LogP contribution in [-0.2, 0) is 0 Å². The van der Waals surface area contributed by atoms with E-state index in [0.29, 0.717) is 6.04 Å². The largest absolute Gasteiger partial charge is 0.382 e. The molecule has 4 unspecified atom stereocenters. The Hall–Kier alpha value is -1.58. The zero-order chi connectivity index (χ0) is 13.1. The normalized spacial score (nSPS) is 38.1. The minimum Gasteiger partial charge on any atom is -0.382 e. The van der Waals surface area contributed by atoms with Crippen molar-refractivity contribution in [3.63, 3.8) is 0 Å². The van der Waals surface area contributed by atoms with Crippen LogP contribution in [0.3, 0.4) is 0 Å². The van der Waals surface area contributed by atoms with E-state index in [-0.39, 0.29) is 10.6 Å². The second kappa shape index (κ2) is 3.71. The quantitative estimate of drug-likeness (QED) is 0.668. The maximum atomic E-state index is 11.0. The molecule has 1 N–H and O–H groups in total. The SMILES string of the molecule is Cc1ccc(NC2C3C4CCC(C4)C23)cc1[N+](=O)[O-]. The number of hydrogen-bond acceptors (Lipinski definition) is 3. The standard InChI is InChI=1S/C15H18N2O2/c1-8-2-5-11(7-12(8)17(18)19)16-15-13-9-3-4-10(6-9)14(13)15/h2,5,7,9-10,13-16H,3-4,6H2,1H3. The maximum Gasteiger partial charge on any atom is 0.274 e. The smallest absolute Gasteiger partial charge is 0.274 e. The highest BCUT2D eigenvalue weighted by molar-refractivity contribution is 5.56. The topological polar surface area (TPSA) is 55.2 Å². The minimum atomic E-state index is -0.294. The van der Waals surface area contributed by atoms with E-state index in [9.17, 15) is 10.1 Å². The third-order valence-electron chi connectivity index (χ3n) is 5.47. The summed E-state index contributed by atoms with van der Waals surface area (Å²) in [4.78, 5) is 10.7. The van der Waals surface area contributed by atoms with E-state index in [2.05, 4.69) is 5.32 Å². The highest BCUT2D eigenvalue weighted by Crippen LogP contribution is 2.66. The first-order chi connectivity index (χ1) is 9.15. The van der Waals surface area contributed by atoms with Gasteiger partial charge in [-0.2, -0.15) is 0 Å². The minimum absolute atomic E-state index is 0.221. The lowest BCUT2D eigenvalue weighted by Gasteiger charge is -2.12. The van der Waals surface area contributed by atoms with Crippen molar-refractivity contribution in [3.8, 4) is 0 Å². The molecule has 3 aliphatic rings. The highest BCUT2D eigenvalue weighted by atomic mass is 16.6. The summed E-state index contributed by atoms with van der Waals surface area (Å²) in [5.74, 6) is 3.54. The van der Waals surface area contributed by atoms with Gasteiger partial charge in [0, 0.05) is 23.4 Å². The number of fused-ring (bicyclic) bond motifs is 5. The van der Waals surface area contributed by atoms with Crippen molar-refractivity contribution < 1.29 is 4.92 Å². The summed E-state index contributed by atoms with van der Waals surface area (Å²) in [5.41, 5.74) is 1.86. The molecule has 4 heteroatoms. The third-order valence-corrected chi connectivity index (χ3v) is 5.47. The first-order valence-corrected chi connectivity index (χ1v) is 7.17. The Labute approximate surface area is 112 Å². The monoisotopic (exact) mass is 258 g/mol. The molecule has 100 valence electrons. The lowest BCUT2D eigenvalue weighted by atomic mass is 10.0. The molecule has 0 amide bonds. The molecule has 0 aromatic heterocycles. The van der Waals surface area contributed by atoms with Crippen LogP contribution in [0, 0.1) is 40.7 Å². The van der Waals surface area contributed by atoms with Gasteiger partial charge in [-0.25, -0.2) is 0 Å². The number of nitro groups is 1. The summed E-state index contributed by atoms with van der Waals surface area (Å²) in [6.45, 7) is 1.79. The fraction of sp³-hybridized carbons (Fsp3) is 0.600. The van der Waals surface area contributed by atoms with Crippen LogP contribution in [0.5, 0.6) is 0 Å². The van der Waals surface area contributed by atoms with Crippen molar-refractivity contribution >= 4 is 11.4 Å². The Morgan fingerprint density at radius 3 is 2.58 bits per heavy atom. The summed E-state index contributed by atoms with van der Waals surface area (Å²) in [6.07, 6.45) is 4.23. The van der Waals surface area contributed by atoms with Gasteiger partial charge >= 0.3 is 0 Å². The van der Waals surface area contributed by atoms with Gasteiger partial charge in [0.2, 0.25) is 0 Å². The fourth-order valence-corrected chi connectivity index (χ4v) is 4.61. The van der Waals surface area contributed by atoms with Crippen LogP contribution in [0.25, 0.3) is 0 Å². The fourth-order valence-electron chi connectivity index (χ4n) is 4.61. The van der Waals surface area contributed by atoms with Crippen LogP contribution in [0.2, 0.25) is 0 Å². The van der Waals surface area contributed by atoms with Crippen molar-refractivity contribution in [1.82, 2.24) is 0 Å². The number of rotatable bonds is 3. The second-order valence-electron chi connectivity index (χ2n) is 6.42. The highest BCUT2D eigenvalue weighted by Gasteiger charge is 2.64. The molecule has 4 rings (SSSR count). The zero-order valence-corrected chi connectivity index (χ0v) is 11.0. The Morgan fingerprint density at radius 2 is 1.95 bits per heavy atom. The molecule has 0 radical (unpaired) electrons. The van der Waals surface area contributed by atoms with Gasteiger partial charge in [0.1, 0.15) is 0 Å². The maximum absolute atomic E-state index is 11.0. The van der Waals surface area contributed by atoms with Crippen molar-refractivity contribution in [2.75, 3.05) is 5.32 Å². The molecule has 0 aliphatic heterocycles. The number of benzene rings is 1. The van der Waals surface area contributed by atoms with E-state index < -0.39 is 0 Å². The summed E-state index contributed by atoms with van der Waals surface area (Å²) in [6, 6.07) is 6.07. The number of nitrogens with one attached hydrogen (secondary N) is 1. The van der Waals surface area contributed by atoms with E-state index in [1.165, 1.54) is 19.3 Å². The number of anilines is 1. The van der Waals surface area contributed by atoms with E-state index in [1.54, 1.807) is 13.0 Å². The molecule has 0 spiro atoms. The van der Waals surface area contributed by atoms with Crippen LogP contribution in [-0.4, -0.2) is 11.0 Å². The molecule has 0 saturated heterocycles. The van der Waals surface area contributed by atoms with Gasteiger partial charge in [-0.3, -0.25) is 10.1 Å². The number of nitrogens with zero attached hydrogens (tertiary/aromatic N) is 1. The average Bonchev–Trinajstić information content (AvgIpc) is 2.79. The molecule has 19 heavy (non-hydrogen) atoms. The van der Waals surface area contributed by atoms with E-state index in [0.717, 1.165) is 34.9 Å². The molecule has 3 aliphatic carbocycles. The molecule has 1 aromatic carbocycles. The zero-order valence-electron chi connectivity index (χ0n) is 11.0. The molecule has 1 aromatic rings. The number of hydrogen-bond donors (Lipinski definition) is 1. The predicted octanol–water partition coefficient (Wildman–Crippen LogP) is 3.36. The van der Waals surface area contributed by atoms with Crippen molar-refractivity contribution in [2.24, 2.45) is 23.7 Å². The van der Waals surface area contributed by atoms with Gasteiger partial charge in [-0.1, -0.05) is 6.07 Å². The molecular weight excluding hydrogens is 240 g/mol. The summed E-state index contributed by atoms with van der Waals surface area (Å²) >= 11 is 0. The Bertz CT molecular complexity index is 541. The Kier molecular flexibility index (Phi) is 2.20. The van der Waals surface area contributed by atoms with Gasteiger partial charge in [-0.05, 0) is 55.9 Å². The van der Waals surface area contributed by atoms with Crippen molar-refractivity contribution in [3.05, 3.63) is 33.9 Å². The Balaban J connectivity index is 1.53. The van der Waals surface area contributed by atoms with Crippen LogP contribution >= 0.6 is 0 Å². The van der Waals surface area contributed by atoms with Gasteiger partial charge < -0.3 is 5.32 Å². The van der Waals surface area contributed by atoms with Gasteiger partial charge in [0.25, 0.3) is 5.69 Å². The van der Waals surface area contributed by atoms with Gasteiger partial charge in [0.15, 0.2) is 0 Å². The molecule has 0 heterocycles. The summed E-state index contributed by atoms with van der Waals surface area (Å²) < 4.78 is 0. The lowest BCUT2D eigenvalue weighted by molar-refractivity contribution is -0.385.